The third-order valence-electron chi connectivity index (χ3n) is 8.88. The van der Waals surface area contributed by atoms with Crippen molar-refractivity contribution in [1.82, 2.24) is 0 Å². The lowest BCUT2D eigenvalue weighted by atomic mass is 9.95. The molecule has 8 rings (SSSR count). The summed E-state index contributed by atoms with van der Waals surface area (Å²) >= 11 is 0. The maximum atomic E-state index is 3.65. The molecule has 8 aromatic rings. The summed E-state index contributed by atoms with van der Waals surface area (Å²) in [6.07, 6.45) is 0. The maximum absolute atomic E-state index is 3.65. The number of nitrogens with one attached hydrogen (secondary N) is 1. The normalized spacial score (nSPS) is 10.9. The average Bonchev–Trinajstić information content (AvgIpc) is 3.17. The van der Waals surface area contributed by atoms with Crippen molar-refractivity contribution in [1.29, 1.82) is 0 Å². The number of nitrogens with zero attached hydrogens (tertiary/aromatic N) is 1. The number of para-hydroxylation sites is 2. The zero-order valence-corrected chi connectivity index (χ0v) is 26.5. The van der Waals surface area contributed by atoms with E-state index < -0.39 is 0 Å². The average molecular weight is 615 g/mol. The molecule has 0 saturated carbocycles. The third-order valence-corrected chi connectivity index (χ3v) is 8.88. The first kappa shape index (κ1) is 29.1. The Morgan fingerprint density at radius 1 is 0.312 bits per heavy atom. The summed E-state index contributed by atoms with van der Waals surface area (Å²) in [4.78, 5) is 2.38. The Hall–Kier alpha value is -6.38. The third kappa shape index (κ3) is 5.84. The molecule has 1 N–H and O–H groups in total. The van der Waals surface area contributed by atoms with E-state index in [2.05, 4.69) is 204 Å². The van der Waals surface area contributed by atoms with Gasteiger partial charge in [-0.3, -0.25) is 0 Å². The van der Waals surface area contributed by atoms with Crippen LogP contribution >= 0.6 is 0 Å². The van der Waals surface area contributed by atoms with E-state index in [4.69, 9.17) is 0 Å². The molecule has 0 fully saturated rings. The molecule has 0 radical (unpaired) electrons. The summed E-state index contributed by atoms with van der Waals surface area (Å²) in [5.41, 5.74) is 12.6. The summed E-state index contributed by atoms with van der Waals surface area (Å²) in [7, 11) is 0. The van der Waals surface area contributed by atoms with Crippen molar-refractivity contribution in [2.45, 2.75) is 0 Å². The Morgan fingerprint density at radius 3 is 1.35 bits per heavy atom. The van der Waals surface area contributed by atoms with Crippen LogP contribution in [0.3, 0.4) is 0 Å². The van der Waals surface area contributed by atoms with Crippen LogP contribution in [0.4, 0.5) is 28.4 Å². The van der Waals surface area contributed by atoms with Crippen LogP contribution in [-0.4, -0.2) is 0 Å². The van der Waals surface area contributed by atoms with Crippen LogP contribution in [0.5, 0.6) is 0 Å². The number of benzene rings is 8. The molecule has 0 aliphatic rings. The Bertz CT molecular complexity index is 2190. The Balaban J connectivity index is 1.26. The Morgan fingerprint density at radius 2 is 0.771 bits per heavy atom. The quantitative estimate of drug-likeness (QED) is 0.183. The number of hydrogen-bond donors (Lipinski definition) is 1. The lowest BCUT2D eigenvalue weighted by molar-refractivity contribution is 1.30. The van der Waals surface area contributed by atoms with Gasteiger partial charge in [-0.1, -0.05) is 152 Å². The van der Waals surface area contributed by atoms with Crippen molar-refractivity contribution in [3.05, 3.63) is 200 Å². The van der Waals surface area contributed by atoms with Gasteiger partial charge in [-0.15, -0.1) is 0 Å². The Kier molecular flexibility index (Phi) is 7.96. The van der Waals surface area contributed by atoms with Gasteiger partial charge in [0, 0.05) is 33.7 Å². The molecule has 0 aromatic heterocycles. The zero-order valence-electron chi connectivity index (χ0n) is 26.5. The second kappa shape index (κ2) is 13.2. The number of anilines is 5. The molecule has 48 heavy (non-hydrogen) atoms. The highest BCUT2D eigenvalue weighted by Crippen LogP contribution is 2.44. The van der Waals surface area contributed by atoms with Gasteiger partial charge in [-0.2, -0.15) is 0 Å². The minimum atomic E-state index is 1.06. The predicted molar refractivity (Wildman–Crippen MR) is 205 cm³/mol. The second-order valence-corrected chi connectivity index (χ2v) is 11.9. The van der Waals surface area contributed by atoms with Crippen molar-refractivity contribution in [2.75, 3.05) is 10.2 Å². The maximum Gasteiger partial charge on any atom is 0.0540 e. The van der Waals surface area contributed by atoms with Gasteiger partial charge in [0.2, 0.25) is 0 Å². The van der Waals surface area contributed by atoms with Gasteiger partial charge in [0.1, 0.15) is 0 Å². The summed E-state index contributed by atoms with van der Waals surface area (Å²) < 4.78 is 0. The van der Waals surface area contributed by atoms with Gasteiger partial charge >= 0.3 is 0 Å². The van der Waals surface area contributed by atoms with Crippen LogP contribution in [0.2, 0.25) is 0 Å². The molecule has 0 atom stereocenters. The van der Waals surface area contributed by atoms with Crippen molar-refractivity contribution >= 4 is 39.2 Å². The van der Waals surface area contributed by atoms with Crippen molar-refractivity contribution in [3.63, 3.8) is 0 Å². The SMILES string of the molecule is c1ccc(Nc2ccccc2-c2ccc(N(c3ccc(-c4ccccc4)cc3)c3ccc(-c4ccccc4)cc3)c3ccccc23)cc1. The molecular weight excluding hydrogens is 581 g/mol. The molecule has 0 unspecified atom stereocenters. The first-order valence-electron chi connectivity index (χ1n) is 16.4. The molecule has 0 amide bonds. The van der Waals surface area contributed by atoms with Crippen LogP contribution in [0.1, 0.15) is 0 Å². The molecule has 8 aromatic carbocycles. The van der Waals surface area contributed by atoms with Gasteiger partial charge in [-0.05, 0) is 81.7 Å². The summed E-state index contributed by atoms with van der Waals surface area (Å²) in [5.74, 6) is 0. The van der Waals surface area contributed by atoms with Crippen LogP contribution in [0.15, 0.2) is 200 Å². The standard InChI is InChI=1S/C46H34N2/c1-4-14-34(15-5-1)36-24-28-39(29-25-36)48(40-30-26-37(27-31-40)35-16-6-2-7-17-35)46-33-32-42(41-20-10-11-22-44(41)46)43-21-12-13-23-45(43)47-38-18-8-3-9-19-38/h1-33,47H. The molecule has 0 saturated heterocycles. The highest BCUT2D eigenvalue weighted by atomic mass is 15.1. The van der Waals surface area contributed by atoms with Gasteiger partial charge in [0.25, 0.3) is 0 Å². The zero-order chi connectivity index (χ0) is 32.1. The molecule has 0 spiro atoms. The lowest BCUT2D eigenvalue weighted by Crippen LogP contribution is -2.10. The Labute approximate surface area is 282 Å². The van der Waals surface area contributed by atoms with Crippen LogP contribution in [-0.2, 0) is 0 Å². The minimum Gasteiger partial charge on any atom is -0.355 e. The summed E-state index contributed by atoms with van der Waals surface area (Å²) in [6.45, 7) is 0. The van der Waals surface area contributed by atoms with E-state index in [1.54, 1.807) is 0 Å². The molecule has 0 heterocycles. The lowest BCUT2D eigenvalue weighted by Gasteiger charge is -2.28. The van der Waals surface area contributed by atoms with Crippen LogP contribution in [0.25, 0.3) is 44.2 Å². The number of rotatable bonds is 8. The predicted octanol–water partition coefficient (Wildman–Crippen LogP) is 13.1. The van der Waals surface area contributed by atoms with Crippen LogP contribution in [0, 0.1) is 0 Å². The van der Waals surface area contributed by atoms with E-state index in [-0.39, 0.29) is 0 Å². The smallest absolute Gasteiger partial charge is 0.0540 e. The van der Waals surface area contributed by atoms with E-state index in [0.29, 0.717) is 0 Å². The second-order valence-electron chi connectivity index (χ2n) is 11.9. The van der Waals surface area contributed by atoms with E-state index >= 15 is 0 Å². The van der Waals surface area contributed by atoms with Gasteiger partial charge in [0.15, 0.2) is 0 Å². The highest BCUT2D eigenvalue weighted by Gasteiger charge is 2.18. The molecule has 2 nitrogen and oxygen atoms in total. The number of hydrogen-bond acceptors (Lipinski definition) is 2. The van der Waals surface area contributed by atoms with Crippen LogP contribution < -0.4 is 10.2 Å². The van der Waals surface area contributed by atoms with Crippen molar-refractivity contribution in [3.8, 4) is 33.4 Å². The minimum absolute atomic E-state index is 1.06. The molecular formula is C46H34N2. The summed E-state index contributed by atoms with van der Waals surface area (Å²) in [6, 6.07) is 71.1. The first-order valence-corrected chi connectivity index (χ1v) is 16.4. The summed E-state index contributed by atoms with van der Waals surface area (Å²) in [5, 5.41) is 6.03. The van der Waals surface area contributed by atoms with E-state index in [1.165, 1.54) is 38.6 Å². The number of fused-ring (bicyclic) bond motifs is 1. The van der Waals surface area contributed by atoms with E-state index in [9.17, 15) is 0 Å². The fourth-order valence-corrected chi connectivity index (χ4v) is 6.51. The van der Waals surface area contributed by atoms with Crippen molar-refractivity contribution < 1.29 is 0 Å². The van der Waals surface area contributed by atoms with Crippen molar-refractivity contribution in [2.24, 2.45) is 0 Å². The largest absolute Gasteiger partial charge is 0.355 e. The monoisotopic (exact) mass is 614 g/mol. The first-order chi connectivity index (χ1) is 23.8. The molecule has 228 valence electrons. The van der Waals surface area contributed by atoms with E-state index in [1.807, 2.05) is 6.07 Å². The molecule has 2 heteroatoms. The molecule has 0 bridgehead atoms. The van der Waals surface area contributed by atoms with E-state index in [0.717, 1.165) is 34.0 Å². The highest BCUT2D eigenvalue weighted by molar-refractivity contribution is 6.07. The topological polar surface area (TPSA) is 15.3 Å². The fourth-order valence-electron chi connectivity index (χ4n) is 6.51. The molecule has 0 aliphatic carbocycles. The fraction of sp³-hybridized carbons (Fsp3) is 0. The van der Waals surface area contributed by atoms with Gasteiger partial charge in [-0.25, -0.2) is 0 Å². The van der Waals surface area contributed by atoms with Gasteiger partial charge in [0.05, 0.1) is 5.69 Å². The van der Waals surface area contributed by atoms with Gasteiger partial charge < -0.3 is 10.2 Å². The molecule has 0 aliphatic heterocycles.